The third-order valence-electron chi connectivity index (χ3n) is 2.43. The molecular weight excluding hydrogens is 264 g/mol. The van der Waals surface area contributed by atoms with Crippen molar-refractivity contribution in [1.82, 2.24) is 10.6 Å². The van der Waals surface area contributed by atoms with Crippen LogP contribution in [0.2, 0.25) is 0 Å². The van der Waals surface area contributed by atoms with Gasteiger partial charge in [-0.05, 0) is 12.1 Å². The monoisotopic (exact) mass is 282 g/mol. The van der Waals surface area contributed by atoms with Gasteiger partial charge in [0.05, 0.1) is 6.61 Å². The summed E-state index contributed by atoms with van der Waals surface area (Å²) in [6, 6.07) is 3.62. The highest BCUT2D eigenvalue weighted by molar-refractivity contribution is 5.95. The lowest BCUT2D eigenvalue weighted by Gasteiger charge is -2.07. The quantitative estimate of drug-likeness (QED) is 0.526. The Bertz CT molecular complexity index is 456. The van der Waals surface area contributed by atoms with Crippen molar-refractivity contribution in [3.63, 3.8) is 0 Å². The number of amides is 2. The Morgan fingerprint density at radius 1 is 1.10 bits per heavy atom. The Morgan fingerprint density at radius 3 is 2.30 bits per heavy atom. The highest BCUT2D eigenvalue weighted by Crippen LogP contribution is 2.19. The number of phenols is 2. The number of carbonyl (C=O) groups is 2. The van der Waals surface area contributed by atoms with Gasteiger partial charge in [-0.15, -0.1) is 0 Å². The number of carbonyl (C=O) groups excluding carboxylic acids is 2. The molecule has 0 fully saturated rings. The zero-order valence-electron chi connectivity index (χ0n) is 11.2. The van der Waals surface area contributed by atoms with Gasteiger partial charge in [0, 0.05) is 38.2 Å². The Balaban J connectivity index is 2.31. The van der Waals surface area contributed by atoms with E-state index in [0.717, 1.165) is 6.07 Å². The molecule has 0 aliphatic carbocycles. The van der Waals surface area contributed by atoms with Crippen LogP contribution in [0.25, 0.3) is 0 Å². The summed E-state index contributed by atoms with van der Waals surface area (Å²) in [4.78, 5) is 22.9. The van der Waals surface area contributed by atoms with Crippen LogP contribution in [0, 0.1) is 0 Å². The van der Waals surface area contributed by atoms with Gasteiger partial charge in [0.25, 0.3) is 5.91 Å². The number of phenolic OH excluding ortho intramolecular Hbond substituents is 2. The minimum atomic E-state index is -0.442. The number of aromatic hydroxyl groups is 2. The molecule has 0 aliphatic heterocycles. The molecule has 0 radical (unpaired) electrons. The average molecular weight is 282 g/mol. The fraction of sp³-hybridized carbons (Fsp3) is 0.385. The smallest absolute Gasteiger partial charge is 0.251 e. The van der Waals surface area contributed by atoms with Crippen molar-refractivity contribution in [1.29, 1.82) is 0 Å². The first kappa shape index (κ1) is 15.8. The molecule has 110 valence electrons. The third-order valence-corrected chi connectivity index (χ3v) is 2.43. The molecule has 4 N–H and O–H groups in total. The zero-order valence-corrected chi connectivity index (χ0v) is 11.2. The van der Waals surface area contributed by atoms with Gasteiger partial charge in [-0.2, -0.15) is 0 Å². The maximum atomic E-state index is 11.7. The molecule has 1 rings (SSSR count). The van der Waals surface area contributed by atoms with Gasteiger partial charge in [0.1, 0.15) is 11.5 Å². The van der Waals surface area contributed by atoms with Gasteiger partial charge >= 0.3 is 0 Å². The van der Waals surface area contributed by atoms with Crippen molar-refractivity contribution in [2.45, 2.75) is 6.42 Å². The summed E-state index contributed by atoms with van der Waals surface area (Å²) >= 11 is 0. The Labute approximate surface area is 116 Å². The van der Waals surface area contributed by atoms with Gasteiger partial charge in [-0.25, -0.2) is 0 Å². The number of benzene rings is 1. The van der Waals surface area contributed by atoms with Crippen molar-refractivity contribution >= 4 is 11.8 Å². The summed E-state index contributed by atoms with van der Waals surface area (Å²) in [5.74, 6) is -0.982. The van der Waals surface area contributed by atoms with Crippen molar-refractivity contribution in [2.75, 3.05) is 26.8 Å². The highest BCUT2D eigenvalue weighted by Gasteiger charge is 2.08. The number of rotatable bonds is 7. The third kappa shape index (κ3) is 5.57. The molecule has 20 heavy (non-hydrogen) atoms. The SMILES string of the molecule is COCCC(=O)NCCNC(=O)c1cc(O)cc(O)c1. The standard InChI is InChI=1S/C13H18N2O5/c1-20-5-2-12(18)14-3-4-15-13(19)9-6-10(16)8-11(17)7-9/h6-8,16-17H,2-5H2,1H3,(H,14,18)(H,15,19). The molecule has 0 saturated carbocycles. The van der Waals surface area contributed by atoms with Crippen molar-refractivity contribution in [2.24, 2.45) is 0 Å². The van der Waals surface area contributed by atoms with E-state index in [-0.39, 0.29) is 35.9 Å². The van der Waals surface area contributed by atoms with E-state index in [9.17, 15) is 19.8 Å². The van der Waals surface area contributed by atoms with Crippen molar-refractivity contribution in [3.8, 4) is 11.5 Å². The fourth-order valence-corrected chi connectivity index (χ4v) is 1.49. The largest absolute Gasteiger partial charge is 0.508 e. The lowest BCUT2D eigenvalue weighted by atomic mass is 10.2. The van der Waals surface area contributed by atoms with Crippen LogP contribution in [-0.4, -0.2) is 48.8 Å². The summed E-state index contributed by atoms with van der Waals surface area (Å²) in [5.41, 5.74) is 0.146. The first-order chi connectivity index (χ1) is 9.52. The molecule has 2 amide bonds. The van der Waals surface area contributed by atoms with Crippen LogP contribution in [0.3, 0.4) is 0 Å². The molecule has 1 aromatic rings. The van der Waals surface area contributed by atoms with E-state index in [1.165, 1.54) is 19.2 Å². The lowest BCUT2D eigenvalue weighted by molar-refractivity contribution is -0.121. The summed E-state index contributed by atoms with van der Waals surface area (Å²) < 4.78 is 4.76. The van der Waals surface area contributed by atoms with Crippen LogP contribution in [0.5, 0.6) is 11.5 Å². The summed E-state index contributed by atoms with van der Waals surface area (Å²) in [7, 11) is 1.51. The van der Waals surface area contributed by atoms with Crippen molar-refractivity contribution < 1.29 is 24.5 Å². The topological polar surface area (TPSA) is 108 Å². The Hall–Kier alpha value is -2.28. The summed E-state index contributed by atoms with van der Waals surface area (Å²) in [6.45, 7) is 0.883. The molecular formula is C13H18N2O5. The van der Waals surface area contributed by atoms with E-state index in [2.05, 4.69) is 10.6 Å². The van der Waals surface area contributed by atoms with Crippen LogP contribution in [0.1, 0.15) is 16.8 Å². The van der Waals surface area contributed by atoms with Gasteiger partial charge in [0.2, 0.25) is 5.91 Å². The first-order valence-electron chi connectivity index (χ1n) is 6.10. The number of hydrogen-bond acceptors (Lipinski definition) is 5. The van der Waals surface area contributed by atoms with Crippen LogP contribution in [0.15, 0.2) is 18.2 Å². The maximum absolute atomic E-state index is 11.7. The molecule has 0 heterocycles. The number of nitrogens with one attached hydrogen (secondary N) is 2. The second-order valence-corrected chi connectivity index (χ2v) is 4.09. The van der Waals surface area contributed by atoms with Crippen LogP contribution >= 0.6 is 0 Å². The predicted octanol–water partition coefficient (Wildman–Crippen LogP) is -0.0197. The maximum Gasteiger partial charge on any atom is 0.251 e. The second-order valence-electron chi connectivity index (χ2n) is 4.09. The number of methoxy groups -OCH3 is 1. The minimum absolute atomic E-state index is 0.146. The fourth-order valence-electron chi connectivity index (χ4n) is 1.49. The minimum Gasteiger partial charge on any atom is -0.508 e. The highest BCUT2D eigenvalue weighted by atomic mass is 16.5. The second kappa shape index (κ2) is 8.00. The van der Waals surface area contributed by atoms with E-state index < -0.39 is 5.91 Å². The van der Waals surface area contributed by atoms with Crippen LogP contribution in [-0.2, 0) is 9.53 Å². The Kier molecular flexibility index (Phi) is 6.31. The van der Waals surface area contributed by atoms with Gasteiger partial charge in [0.15, 0.2) is 0 Å². The average Bonchev–Trinajstić information content (AvgIpc) is 2.40. The molecule has 0 aromatic heterocycles. The van der Waals surface area contributed by atoms with Crippen LogP contribution in [0.4, 0.5) is 0 Å². The lowest BCUT2D eigenvalue weighted by Crippen LogP contribution is -2.34. The number of ether oxygens (including phenoxy) is 1. The first-order valence-corrected chi connectivity index (χ1v) is 6.10. The van der Waals surface area contributed by atoms with E-state index >= 15 is 0 Å². The van der Waals surface area contributed by atoms with Gasteiger partial charge in [-0.3, -0.25) is 9.59 Å². The van der Waals surface area contributed by atoms with Crippen LogP contribution < -0.4 is 10.6 Å². The molecule has 0 aliphatic rings. The molecule has 0 unspecified atom stereocenters. The van der Waals surface area contributed by atoms with E-state index in [1.807, 2.05) is 0 Å². The normalized spacial score (nSPS) is 10.1. The molecule has 0 bridgehead atoms. The predicted molar refractivity (Wildman–Crippen MR) is 71.6 cm³/mol. The van der Waals surface area contributed by atoms with E-state index in [1.54, 1.807) is 0 Å². The van der Waals surface area contributed by atoms with E-state index in [4.69, 9.17) is 4.74 Å². The summed E-state index contributed by atoms with van der Waals surface area (Å²) in [5, 5.41) is 23.7. The molecule has 7 heteroatoms. The molecule has 0 atom stereocenters. The molecule has 0 saturated heterocycles. The summed E-state index contributed by atoms with van der Waals surface area (Å²) in [6.07, 6.45) is 0.269. The molecule has 7 nitrogen and oxygen atoms in total. The Morgan fingerprint density at radius 2 is 1.70 bits per heavy atom. The van der Waals surface area contributed by atoms with Gasteiger partial charge < -0.3 is 25.6 Å². The van der Waals surface area contributed by atoms with Gasteiger partial charge in [-0.1, -0.05) is 0 Å². The zero-order chi connectivity index (χ0) is 15.0. The van der Waals surface area contributed by atoms with Crippen molar-refractivity contribution in [3.05, 3.63) is 23.8 Å². The molecule has 0 spiro atoms. The van der Waals surface area contributed by atoms with E-state index in [0.29, 0.717) is 13.2 Å². The number of hydrogen-bond donors (Lipinski definition) is 4. The molecule has 1 aromatic carbocycles.